The number of aliphatic hydroxyl groups excluding tert-OH is 1. The summed E-state index contributed by atoms with van der Waals surface area (Å²) in [6, 6.07) is 3.10. The van der Waals surface area contributed by atoms with E-state index in [9.17, 15) is 13.6 Å². The molecule has 0 aliphatic carbocycles. The van der Waals surface area contributed by atoms with E-state index in [1.165, 1.54) is 6.07 Å². The first kappa shape index (κ1) is 13.9. The molecule has 1 atom stereocenters. The number of hydrogen-bond donors (Lipinski definition) is 1. The molecule has 2 rings (SSSR count). The lowest BCUT2D eigenvalue weighted by molar-refractivity contribution is -0.121. The second kappa shape index (κ2) is 5.63. The molecule has 6 heteroatoms. The molecule has 0 radical (unpaired) electrons. The summed E-state index contributed by atoms with van der Waals surface area (Å²) in [6.07, 6.45) is 0.489. The van der Waals surface area contributed by atoms with Crippen molar-refractivity contribution in [2.24, 2.45) is 0 Å². The average molecular weight is 270 g/mol. The van der Waals surface area contributed by atoms with Gasteiger partial charge in [0.05, 0.1) is 12.6 Å². The van der Waals surface area contributed by atoms with Crippen LogP contribution in [0.4, 0.5) is 14.5 Å². The van der Waals surface area contributed by atoms with Gasteiger partial charge in [0, 0.05) is 13.1 Å². The van der Waals surface area contributed by atoms with Crippen molar-refractivity contribution in [1.82, 2.24) is 4.90 Å². The molecule has 1 heterocycles. The Labute approximate surface area is 110 Å². The van der Waals surface area contributed by atoms with E-state index in [-0.39, 0.29) is 24.7 Å². The number of halogens is 2. The molecule has 19 heavy (non-hydrogen) atoms. The molecule has 0 bridgehead atoms. The Balaban J connectivity index is 2.22. The number of rotatable bonds is 4. The molecule has 0 saturated carbocycles. The van der Waals surface area contributed by atoms with E-state index < -0.39 is 17.7 Å². The van der Waals surface area contributed by atoms with E-state index >= 15 is 0 Å². The molecule has 1 N–H and O–H groups in total. The van der Waals surface area contributed by atoms with Crippen molar-refractivity contribution >= 4 is 11.6 Å². The van der Waals surface area contributed by atoms with Gasteiger partial charge < -0.3 is 10.0 Å². The highest BCUT2D eigenvalue weighted by Gasteiger charge is 2.37. The first-order chi connectivity index (χ1) is 9.06. The molecule has 1 saturated heterocycles. The third-order valence-electron chi connectivity index (χ3n) is 3.37. The Bertz CT molecular complexity index is 461. The quantitative estimate of drug-likeness (QED) is 0.887. The van der Waals surface area contributed by atoms with Crippen molar-refractivity contribution in [1.29, 1.82) is 0 Å². The normalized spacial score (nSPS) is 19.5. The standard InChI is InChI=1S/C13H16F2N2O2/c1-16(7-8-18)11-5-6-17(13(11)19)12-9(14)3-2-4-10(12)15/h2-4,11,18H,5-8H2,1H3. The smallest absolute Gasteiger partial charge is 0.244 e. The van der Waals surface area contributed by atoms with Crippen LogP contribution < -0.4 is 4.90 Å². The number of benzene rings is 1. The zero-order valence-corrected chi connectivity index (χ0v) is 10.6. The van der Waals surface area contributed by atoms with Gasteiger partial charge in [-0.2, -0.15) is 0 Å². The molecular weight excluding hydrogens is 254 g/mol. The van der Waals surface area contributed by atoms with Gasteiger partial charge in [-0.25, -0.2) is 8.78 Å². The van der Waals surface area contributed by atoms with E-state index in [4.69, 9.17) is 5.11 Å². The van der Waals surface area contributed by atoms with Gasteiger partial charge in [0.2, 0.25) is 5.91 Å². The van der Waals surface area contributed by atoms with Crippen LogP contribution in [0.2, 0.25) is 0 Å². The summed E-state index contributed by atoms with van der Waals surface area (Å²) in [4.78, 5) is 15.0. The van der Waals surface area contributed by atoms with E-state index in [2.05, 4.69) is 0 Å². The lowest BCUT2D eigenvalue weighted by Crippen LogP contribution is -2.41. The maximum absolute atomic E-state index is 13.7. The van der Waals surface area contributed by atoms with Crippen molar-refractivity contribution in [2.75, 3.05) is 31.6 Å². The molecule has 1 amide bonds. The predicted molar refractivity (Wildman–Crippen MR) is 66.8 cm³/mol. The highest BCUT2D eigenvalue weighted by Crippen LogP contribution is 2.28. The third-order valence-corrected chi connectivity index (χ3v) is 3.37. The van der Waals surface area contributed by atoms with Gasteiger partial charge in [0.1, 0.15) is 17.3 Å². The molecule has 1 fully saturated rings. The Hall–Kier alpha value is -1.53. The molecule has 0 spiro atoms. The first-order valence-corrected chi connectivity index (χ1v) is 6.12. The second-order valence-corrected chi connectivity index (χ2v) is 4.57. The average Bonchev–Trinajstić information content (AvgIpc) is 2.72. The molecular formula is C13H16F2N2O2. The lowest BCUT2D eigenvalue weighted by atomic mass is 10.2. The number of carbonyl (C=O) groups is 1. The van der Waals surface area contributed by atoms with Crippen LogP contribution in [0, 0.1) is 11.6 Å². The van der Waals surface area contributed by atoms with Crippen molar-refractivity contribution in [2.45, 2.75) is 12.5 Å². The molecule has 1 aromatic carbocycles. The van der Waals surface area contributed by atoms with E-state index in [1.54, 1.807) is 11.9 Å². The first-order valence-electron chi connectivity index (χ1n) is 6.12. The fourth-order valence-electron chi connectivity index (χ4n) is 2.36. The van der Waals surface area contributed by atoms with Crippen LogP contribution in [0.15, 0.2) is 18.2 Å². The van der Waals surface area contributed by atoms with Crippen LogP contribution in [0.1, 0.15) is 6.42 Å². The van der Waals surface area contributed by atoms with Gasteiger partial charge in [-0.3, -0.25) is 9.69 Å². The van der Waals surface area contributed by atoms with Crippen molar-refractivity contribution in [3.63, 3.8) is 0 Å². The Kier molecular flexibility index (Phi) is 4.11. The monoisotopic (exact) mass is 270 g/mol. The van der Waals surface area contributed by atoms with E-state index in [0.717, 1.165) is 17.0 Å². The van der Waals surface area contributed by atoms with Crippen LogP contribution in [0.5, 0.6) is 0 Å². The van der Waals surface area contributed by atoms with Crippen molar-refractivity contribution in [3.05, 3.63) is 29.8 Å². The van der Waals surface area contributed by atoms with Gasteiger partial charge in [-0.05, 0) is 25.6 Å². The van der Waals surface area contributed by atoms with Crippen molar-refractivity contribution in [3.8, 4) is 0 Å². The molecule has 1 unspecified atom stereocenters. The van der Waals surface area contributed by atoms with E-state index in [1.807, 2.05) is 0 Å². The number of carbonyl (C=O) groups excluding carboxylic acids is 1. The molecule has 4 nitrogen and oxygen atoms in total. The van der Waals surface area contributed by atoms with Gasteiger partial charge in [-0.1, -0.05) is 6.07 Å². The maximum Gasteiger partial charge on any atom is 0.244 e. The Morgan fingerprint density at radius 2 is 2.05 bits per heavy atom. The SMILES string of the molecule is CN(CCO)C1CCN(c2c(F)cccc2F)C1=O. The van der Waals surface area contributed by atoms with Gasteiger partial charge in [-0.15, -0.1) is 0 Å². The zero-order chi connectivity index (χ0) is 14.0. The summed E-state index contributed by atoms with van der Waals surface area (Å²) in [7, 11) is 1.71. The number of anilines is 1. The minimum atomic E-state index is -0.737. The Morgan fingerprint density at radius 3 is 2.63 bits per heavy atom. The second-order valence-electron chi connectivity index (χ2n) is 4.57. The number of likely N-dealkylation sites (N-methyl/N-ethyl adjacent to an activating group) is 1. The highest BCUT2D eigenvalue weighted by atomic mass is 19.1. The van der Waals surface area contributed by atoms with Crippen LogP contribution >= 0.6 is 0 Å². The van der Waals surface area contributed by atoms with Gasteiger partial charge >= 0.3 is 0 Å². The zero-order valence-electron chi connectivity index (χ0n) is 10.6. The summed E-state index contributed by atoms with van der Waals surface area (Å²) in [5.74, 6) is -1.81. The Morgan fingerprint density at radius 1 is 1.42 bits per heavy atom. The molecule has 1 aromatic rings. The predicted octanol–water partition coefficient (Wildman–Crippen LogP) is 0.994. The molecule has 0 aromatic heterocycles. The summed E-state index contributed by atoms with van der Waals surface area (Å²) >= 11 is 0. The molecule has 104 valence electrons. The molecule has 1 aliphatic heterocycles. The minimum absolute atomic E-state index is 0.0612. The van der Waals surface area contributed by atoms with Crippen LogP contribution in [0.25, 0.3) is 0 Å². The van der Waals surface area contributed by atoms with Gasteiger partial charge in [0.25, 0.3) is 0 Å². The van der Waals surface area contributed by atoms with Crippen LogP contribution in [-0.4, -0.2) is 48.7 Å². The molecule has 1 aliphatic rings. The third kappa shape index (κ3) is 2.59. The number of para-hydroxylation sites is 1. The van der Waals surface area contributed by atoms with Crippen LogP contribution in [-0.2, 0) is 4.79 Å². The minimum Gasteiger partial charge on any atom is -0.395 e. The van der Waals surface area contributed by atoms with E-state index in [0.29, 0.717) is 13.0 Å². The number of aliphatic hydroxyl groups is 1. The number of nitrogens with zero attached hydrogens (tertiary/aromatic N) is 2. The number of amides is 1. The fourth-order valence-corrected chi connectivity index (χ4v) is 2.36. The highest BCUT2D eigenvalue weighted by molar-refractivity contribution is 5.99. The summed E-state index contributed by atoms with van der Waals surface area (Å²) < 4.78 is 27.3. The summed E-state index contributed by atoms with van der Waals surface area (Å²) in [5.41, 5.74) is -0.285. The fraction of sp³-hybridized carbons (Fsp3) is 0.462. The van der Waals surface area contributed by atoms with Gasteiger partial charge in [0.15, 0.2) is 0 Å². The lowest BCUT2D eigenvalue weighted by Gasteiger charge is -2.23. The topological polar surface area (TPSA) is 43.8 Å². The maximum atomic E-state index is 13.7. The largest absolute Gasteiger partial charge is 0.395 e. The number of hydrogen-bond acceptors (Lipinski definition) is 3. The summed E-state index contributed by atoms with van der Waals surface area (Å²) in [6.45, 7) is 0.565. The van der Waals surface area contributed by atoms with Crippen molar-refractivity contribution < 1.29 is 18.7 Å². The summed E-state index contributed by atoms with van der Waals surface area (Å²) in [5, 5.41) is 8.87. The van der Waals surface area contributed by atoms with Crippen LogP contribution in [0.3, 0.4) is 0 Å².